The molecule has 0 saturated carbocycles. The van der Waals surface area contributed by atoms with E-state index >= 15 is 0 Å². The highest BCUT2D eigenvalue weighted by Crippen LogP contribution is 1.93. The summed E-state index contributed by atoms with van der Waals surface area (Å²) in [5, 5.41) is 2.68. The highest BCUT2D eigenvalue weighted by Gasteiger charge is 2.05. The van der Waals surface area contributed by atoms with E-state index < -0.39 is 0 Å². The molecule has 0 aromatic carbocycles. The topological polar surface area (TPSA) is 29.1 Å². The molecule has 1 saturated heterocycles. The van der Waals surface area contributed by atoms with Crippen LogP contribution in [0.4, 0.5) is 0 Å². The number of nitrogens with one attached hydrogen (secondary N) is 1. The van der Waals surface area contributed by atoms with E-state index in [-0.39, 0.29) is 8.76 Å². The highest BCUT2D eigenvalue weighted by atomic mass is 16.1. The predicted molar refractivity (Wildman–Crippen MR) is 26.5 cm³/mol. The molecule has 38 valence electrons. The van der Waals surface area contributed by atoms with Gasteiger partial charge in [-0.1, -0.05) is 0 Å². The van der Waals surface area contributed by atoms with Gasteiger partial charge >= 0.3 is 0 Å². The smallest absolute Gasteiger partial charge is 0.220 e. The molecule has 1 fully saturated rings. The molecule has 1 rings (SSSR count). The van der Waals surface area contributed by atoms with Crippen LogP contribution in [0.3, 0.4) is 0 Å². The first-order valence-electron chi connectivity index (χ1n) is 2.16. The van der Waals surface area contributed by atoms with Crippen LogP contribution in [0.1, 0.15) is 15.7 Å². The Hall–Kier alpha value is -0.530. The number of rotatable bonds is 0. The predicted octanol–water partition coefficient (Wildman–Crippen LogP) is 0.388. The minimum atomic E-state index is 0. The molecule has 0 aromatic heterocycles. The molecule has 0 spiro atoms. The molecule has 1 heterocycles. The minimum absolute atomic E-state index is 0. The van der Waals surface area contributed by atoms with E-state index in [0.29, 0.717) is 0 Å². The molecule has 6 heavy (non-hydrogen) atoms. The Bertz CT molecular complexity index is 68.4. The summed E-state index contributed by atoms with van der Waals surface area (Å²) in [5.41, 5.74) is 0. The van der Waals surface area contributed by atoms with E-state index in [9.17, 15) is 4.79 Å². The Labute approximate surface area is 39.5 Å². The molecule has 0 unspecified atom stereocenters. The van der Waals surface area contributed by atoms with Gasteiger partial charge in [0.05, 0.1) is 0 Å². The first-order valence-corrected chi connectivity index (χ1v) is 2.16. The zero-order valence-electron chi connectivity index (χ0n) is 3.53. The van der Waals surface area contributed by atoms with Crippen molar-refractivity contribution < 1.29 is 7.65 Å². The summed E-state index contributed by atoms with van der Waals surface area (Å²) in [7, 11) is 0. The van der Waals surface area contributed by atoms with Crippen molar-refractivity contribution >= 4 is 5.91 Å². The van der Waals surface area contributed by atoms with Crippen LogP contribution < -0.4 is 5.32 Å². The number of carbonyl (C=O) groups is 1. The fraction of sp³-hybridized carbons (Fsp3) is 0.750. The third kappa shape index (κ3) is 0.506. The lowest BCUT2D eigenvalue weighted by Gasteiger charge is -1.80. The van der Waals surface area contributed by atoms with Crippen LogP contribution in [0.15, 0.2) is 0 Å². The molecule has 1 aliphatic heterocycles. The van der Waals surface area contributed by atoms with Crippen molar-refractivity contribution in [2.24, 2.45) is 0 Å². The fourth-order valence-corrected chi connectivity index (χ4v) is 0.565. The third-order valence-electron chi connectivity index (χ3n) is 0.903. The molecule has 0 atom stereocenters. The summed E-state index contributed by atoms with van der Waals surface area (Å²) in [5.74, 6) is 0.204. The fourth-order valence-electron chi connectivity index (χ4n) is 0.565. The summed E-state index contributed by atoms with van der Waals surface area (Å²) in [6.07, 6.45) is 1.76. The van der Waals surface area contributed by atoms with Crippen molar-refractivity contribution in [1.29, 1.82) is 0 Å². The Kier molecular flexibility index (Phi) is 0.783. The van der Waals surface area contributed by atoms with Crippen molar-refractivity contribution in [2.45, 2.75) is 12.8 Å². The normalized spacial score (nSPS) is 21.0. The summed E-state index contributed by atoms with van der Waals surface area (Å²) < 4.78 is 0. The molecule has 0 radical (unpaired) electrons. The molecule has 0 aromatic rings. The lowest BCUT2D eigenvalue weighted by Crippen LogP contribution is -2.12. The van der Waals surface area contributed by atoms with Gasteiger partial charge in [-0.3, -0.25) is 4.79 Å². The second-order valence-electron chi connectivity index (χ2n) is 1.45. The van der Waals surface area contributed by atoms with Crippen LogP contribution in [-0.2, 0) is 4.79 Å². The van der Waals surface area contributed by atoms with Gasteiger partial charge in [0.2, 0.25) is 5.91 Å². The van der Waals surface area contributed by atoms with E-state index in [1.54, 1.807) is 0 Å². The van der Waals surface area contributed by atoms with Gasteiger partial charge in [0, 0.05) is 15.8 Å². The van der Waals surface area contributed by atoms with Crippen LogP contribution >= 0.6 is 0 Å². The zero-order valence-corrected chi connectivity index (χ0v) is 3.53. The first kappa shape index (κ1) is 3.65. The second-order valence-corrected chi connectivity index (χ2v) is 1.45. The van der Waals surface area contributed by atoms with Crippen LogP contribution in [0.5, 0.6) is 0 Å². The molecular weight excluding hydrogens is 78.0 g/mol. The molecule has 1 N–H and O–H groups in total. The maximum atomic E-state index is 10.1. The third-order valence-corrected chi connectivity index (χ3v) is 0.903. The molecule has 2 heteroatoms. The van der Waals surface area contributed by atoms with Crippen LogP contribution in [0.2, 0.25) is 0 Å². The Balaban J connectivity index is 0. The van der Waals surface area contributed by atoms with Gasteiger partial charge in [-0.25, -0.2) is 0 Å². The van der Waals surface area contributed by atoms with E-state index in [0.717, 1.165) is 19.4 Å². The summed E-state index contributed by atoms with van der Waals surface area (Å²) in [4.78, 5) is 10.1. The summed E-state index contributed by atoms with van der Waals surface area (Å²) >= 11 is 0. The number of carbonyl (C=O) groups excluding carboxylic acids is 1. The van der Waals surface area contributed by atoms with E-state index in [1.807, 2.05) is 0 Å². The van der Waals surface area contributed by atoms with Crippen LogP contribution in [-0.4, -0.2) is 12.5 Å². The van der Waals surface area contributed by atoms with Gasteiger partial charge in [0.25, 0.3) is 0 Å². The molecule has 1 amide bonds. The quantitative estimate of drug-likeness (QED) is 0.457. The van der Waals surface area contributed by atoms with E-state index in [1.165, 1.54) is 0 Å². The number of hydrogen-bond donors (Lipinski definition) is 1. The van der Waals surface area contributed by atoms with Crippen LogP contribution in [0.25, 0.3) is 0 Å². The van der Waals surface area contributed by atoms with Gasteiger partial charge in [-0.2, -0.15) is 0 Å². The maximum Gasteiger partial charge on any atom is 0.220 e. The van der Waals surface area contributed by atoms with Crippen molar-refractivity contribution in [3.63, 3.8) is 0 Å². The van der Waals surface area contributed by atoms with Crippen molar-refractivity contribution in [2.75, 3.05) is 6.54 Å². The molecular formula is C4H11NO. The number of amides is 1. The van der Waals surface area contributed by atoms with Gasteiger partial charge in [0.15, 0.2) is 0 Å². The molecule has 0 aliphatic carbocycles. The Morgan fingerprint density at radius 1 is 1.83 bits per heavy atom. The minimum Gasteiger partial charge on any atom is -0.356 e. The maximum absolute atomic E-state index is 10.1. The van der Waals surface area contributed by atoms with Gasteiger partial charge < -0.3 is 5.32 Å². The molecule has 2 nitrogen and oxygen atoms in total. The SMILES string of the molecule is O=C1CCCN1.[HH].[HH]. The van der Waals surface area contributed by atoms with Crippen molar-refractivity contribution in [3.8, 4) is 0 Å². The summed E-state index contributed by atoms with van der Waals surface area (Å²) in [6.45, 7) is 0.888. The monoisotopic (exact) mass is 89.1 g/mol. The van der Waals surface area contributed by atoms with Gasteiger partial charge in [-0.05, 0) is 6.42 Å². The number of hydrogen-bond acceptors (Lipinski definition) is 1. The lowest BCUT2D eigenvalue weighted by molar-refractivity contribution is -0.119. The molecule has 1 aliphatic rings. The van der Waals surface area contributed by atoms with Crippen molar-refractivity contribution in [3.05, 3.63) is 0 Å². The van der Waals surface area contributed by atoms with Crippen molar-refractivity contribution in [1.82, 2.24) is 5.32 Å². The standard InChI is InChI=1S/C4H7NO.2H2/c6-4-2-1-3-5-4;;/h1-3H2,(H,5,6);2*1H. The molecule has 0 bridgehead atoms. The second kappa shape index (κ2) is 1.29. The zero-order chi connectivity index (χ0) is 4.41. The largest absolute Gasteiger partial charge is 0.356 e. The summed E-state index contributed by atoms with van der Waals surface area (Å²) in [6, 6.07) is 0. The van der Waals surface area contributed by atoms with Gasteiger partial charge in [0.1, 0.15) is 0 Å². The van der Waals surface area contributed by atoms with E-state index in [2.05, 4.69) is 5.32 Å². The average Bonchev–Trinajstić information content (AvgIpc) is 1.86. The highest BCUT2D eigenvalue weighted by molar-refractivity contribution is 5.77. The lowest BCUT2D eigenvalue weighted by atomic mass is 10.4. The van der Waals surface area contributed by atoms with Crippen LogP contribution in [0, 0.1) is 0 Å². The average molecular weight is 89.1 g/mol. The first-order chi connectivity index (χ1) is 2.89. The van der Waals surface area contributed by atoms with Gasteiger partial charge in [-0.15, -0.1) is 0 Å². The van der Waals surface area contributed by atoms with E-state index in [4.69, 9.17) is 0 Å². The Morgan fingerprint density at radius 3 is 2.83 bits per heavy atom. The Morgan fingerprint density at radius 2 is 2.67 bits per heavy atom.